The number of carbonyl (C=O) groups is 2. The number of pyridine rings is 1. The highest BCUT2D eigenvalue weighted by Crippen LogP contribution is 2.26. The highest BCUT2D eigenvalue weighted by molar-refractivity contribution is 6.35. The highest BCUT2D eigenvalue weighted by Gasteiger charge is 2.31. The van der Waals surface area contributed by atoms with Crippen molar-refractivity contribution in [3.05, 3.63) is 41.0 Å². The topological polar surface area (TPSA) is 74.3 Å². The second kappa shape index (κ2) is 8.01. The van der Waals surface area contributed by atoms with Crippen molar-refractivity contribution in [3.63, 3.8) is 0 Å². The van der Waals surface area contributed by atoms with Crippen molar-refractivity contribution in [2.75, 3.05) is 20.6 Å². The first kappa shape index (κ1) is 18.6. The summed E-state index contributed by atoms with van der Waals surface area (Å²) in [6.07, 6.45) is 4.07. The van der Waals surface area contributed by atoms with Gasteiger partial charge in [-0.1, -0.05) is 17.7 Å². The third-order valence-electron chi connectivity index (χ3n) is 5.14. The maximum atomic E-state index is 12.7. The number of aromatic nitrogens is 1. The Kier molecular flexibility index (Phi) is 5.74. The van der Waals surface area contributed by atoms with Gasteiger partial charge in [-0.15, -0.1) is 0 Å². The van der Waals surface area contributed by atoms with Crippen LogP contribution in [0.5, 0.6) is 0 Å². The molecule has 1 aromatic heterocycles. The van der Waals surface area contributed by atoms with E-state index in [1.165, 1.54) is 0 Å². The maximum Gasteiger partial charge on any atom is 0.253 e. The molecule has 1 aliphatic heterocycles. The fourth-order valence-electron chi connectivity index (χ4n) is 3.55. The molecule has 0 unspecified atom stereocenters. The van der Waals surface area contributed by atoms with Gasteiger partial charge >= 0.3 is 0 Å². The van der Waals surface area contributed by atoms with Gasteiger partial charge in [0.05, 0.1) is 16.1 Å². The molecule has 2 atom stereocenters. The molecule has 0 bridgehead atoms. The predicted octanol–water partition coefficient (Wildman–Crippen LogP) is 2.22. The SMILES string of the molecule is CNC(=O)C[C@H]1CC[C@@H](CNC(=O)c2c(Cl)ccc3ncccc23)N1C. The lowest BCUT2D eigenvalue weighted by atomic mass is 10.1. The maximum absolute atomic E-state index is 12.7. The van der Waals surface area contributed by atoms with Crippen molar-refractivity contribution in [2.45, 2.75) is 31.3 Å². The molecule has 2 heterocycles. The number of halogens is 1. The summed E-state index contributed by atoms with van der Waals surface area (Å²) in [6, 6.07) is 7.58. The van der Waals surface area contributed by atoms with Gasteiger partial charge in [-0.25, -0.2) is 0 Å². The summed E-state index contributed by atoms with van der Waals surface area (Å²) >= 11 is 6.28. The number of nitrogens with one attached hydrogen (secondary N) is 2. The zero-order chi connectivity index (χ0) is 18.7. The van der Waals surface area contributed by atoms with Gasteiger partial charge in [0.1, 0.15) is 0 Å². The monoisotopic (exact) mass is 374 g/mol. The number of amides is 2. The van der Waals surface area contributed by atoms with Crippen LogP contribution in [0, 0.1) is 0 Å². The lowest BCUT2D eigenvalue weighted by Crippen LogP contribution is -2.42. The van der Waals surface area contributed by atoms with E-state index in [4.69, 9.17) is 11.6 Å². The van der Waals surface area contributed by atoms with Gasteiger partial charge < -0.3 is 10.6 Å². The van der Waals surface area contributed by atoms with Crippen LogP contribution in [0.4, 0.5) is 0 Å². The second-order valence-electron chi connectivity index (χ2n) is 6.63. The first-order valence-corrected chi connectivity index (χ1v) is 9.13. The zero-order valence-corrected chi connectivity index (χ0v) is 15.7. The first-order valence-electron chi connectivity index (χ1n) is 8.75. The lowest BCUT2D eigenvalue weighted by molar-refractivity contribution is -0.121. The van der Waals surface area contributed by atoms with Crippen LogP contribution in [-0.2, 0) is 4.79 Å². The van der Waals surface area contributed by atoms with Crippen molar-refractivity contribution in [3.8, 4) is 0 Å². The van der Waals surface area contributed by atoms with Gasteiger partial charge in [-0.05, 0) is 38.1 Å². The molecule has 0 spiro atoms. The van der Waals surface area contributed by atoms with E-state index in [1.807, 2.05) is 19.2 Å². The van der Waals surface area contributed by atoms with Crippen molar-refractivity contribution >= 4 is 34.3 Å². The fraction of sp³-hybridized carbons (Fsp3) is 0.421. The van der Waals surface area contributed by atoms with E-state index in [-0.39, 0.29) is 23.9 Å². The molecular weight excluding hydrogens is 352 g/mol. The average Bonchev–Trinajstić information content (AvgIpc) is 2.99. The van der Waals surface area contributed by atoms with Crippen LogP contribution in [0.15, 0.2) is 30.5 Å². The number of hydrogen-bond donors (Lipinski definition) is 2. The Bertz CT molecular complexity index is 826. The Morgan fingerprint density at radius 1 is 1.27 bits per heavy atom. The molecule has 1 aromatic carbocycles. The molecule has 0 radical (unpaired) electrons. The molecule has 1 fully saturated rings. The minimum absolute atomic E-state index is 0.0431. The highest BCUT2D eigenvalue weighted by atomic mass is 35.5. The van der Waals surface area contributed by atoms with Gasteiger partial charge in [0.25, 0.3) is 5.91 Å². The second-order valence-corrected chi connectivity index (χ2v) is 7.04. The number of fused-ring (bicyclic) bond motifs is 1. The quantitative estimate of drug-likeness (QED) is 0.841. The molecular formula is C19H23ClN4O2. The smallest absolute Gasteiger partial charge is 0.253 e. The van der Waals surface area contributed by atoms with Gasteiger partial charge in [0, 0.05) is 43.7 Å². The van der Waals surface area contributed by atoms with Crippen LogP contribution in [0.1, 0.15) is 29.6 Å². The molecule has 138 valence electrons. The molecule has 0 saturated carbocycles. The third kappa shape index (κ3) is 3.81. The minimum Gasteiger partial charge on any atom is -0.359 e. The van der Waals surface area contributed by atoms with Crippen LogP contribution in [0.3, 0.4) is 0 Å². The molecule has 2 amide bonds. The molecule has 2 N–H and O–H groups in total. The van der Waals surface area contributed by atoms with Crippen LogP contribution in [0.25, 0.3) is 10.9 Å². The summed E-state index contributed by atoms with van der Waals surface area (Å²) < 4.78 is 0. The average molecular weight is 375 g/mol. The van der Waals surface area contributed by atoms with Gasteiger partial charge in [-0.3, -0.25) is 19.5 Å². The summed E-state index contributed by atoms with van der Waals surface area (Å²) in [4.78, 5) is 30.8. The number of benzene rings is 1. The minimum atomic E-state index is -0.197. The summed E-state index contributed by atoms with van der Waals surface area (Å²) in [7, 11) is 3.66. The number of carbonyl (C=O) groups excluding carboxylic acids is 2. The van der Waals surface area contributed by atoms with E-state index in [9.17, 15) is 9.59 Å². The number of likely N-dealkylation sites (tertiary alicyclic amines) is 1. The molecule has 1 aliphatic rings. The molecule has 0 aliphatic carbocycles. The Labute approximate surface area is 157 Å². The Morgan fingerprint density at radius 3 is 2.81 bits per heavy atom. The largest absolute Gasteiger partial charge is 0.359 e. The number of nitrogens with zero attached hydrogens (tertiary/aromatic N) is 2. The predicted molar refractivity (Wildman–Crippen MR) is 102 cm³/mol. The molecule has 6 nitrogen and oxygen atoms in total. The first-order chi connectivity index (χ1) is 12.5. The van der Waals surface area contributed by atoms with Crippen LogP contribution >= 0.6 is 11.6 Å². The zero-order valence-electron chi connectivity index (χ0n) is 15.0. The van der Waals surface area contributed by atoms with E-state index in [2.05, 4.69) is 20.5 Å². The summed E-state index contributed by atoms with van der Waals surface area (Å²) in [5.74, 6) is -0.154. The number of likely N-dealkylation sites (N-methyl/N-ethyl adjacent to an activating group) is 1. The van der Waals surface area contributed by atoms with E-state index in [0.717, 1.165) is 23.7 Å². The standard InChI is InChI=1S/C19H23ClN4O2/c1-21-17(25)10-12-5-6-13(24(12)2)11-23-19(26)18-14-4-3-9-22-16(14)8-7-15(18)20/h3-4,7-9,12-13H,5-6,10-11H2,1-2H3,(H,21,25)(H,23,26)/t12-,13+/m1/s1. The van der Waals surface area contributed by atoms with E-state index < -0.39 is 0 Å². The van der Waals surface area contributed by atoms with Gasteiger partial charge in [-0.2, -0.15) is 0 Å². The van der Waals surface area contributed by atoms with Crippen molar-refractivity contribution in [1.29, 1.82) is 0 Å². The van der Waals surface area contributed by atoms with Crippen molar-refractivity contribution < 1.29 is 9.59 Å². The van der Waals surface area contributed by atoms with Crippen molar-refractivity contribution in [2.24, 2.45) is 0 Å². The van der Waals surface area contributed by atoms with E-state index >= 15 is 0 Å². The molecule has 7 heteroatoms. The van der Waals surface area contributed by atoms with Crippen LogP contribution in [0.2, 0.25) is 5.02 Å². The van der Waals surface area contributed by atoms with Gasteiger partial charge in [0.15, 0.2) is 0 Å². The Balaban J connectivity index is 1.67. The molecule has 26 heavy (non-hydrogen) atoms. The lowest BCUT2D eigenvalue weighted by Gasteiger charge is -2.25. The van der Waals surface area contributed by atoms with Gasteiger partial charge in [0.2, 0.25) is 5.91 Å². The van der Waals surface area contributed by atoms with Crippen LogP contribution < -0.4 is 10.6 Å². The fourth-order valence-corrected chi connectivity index (χ4v) is 3.80. The number of rotatable bonds is 5. The third-order valence-corrected chi connectivity index (χ3v) is 5.46. The Hall–Kier alpha value is -2.18. The summed E-state index contributed by atoms with van der Waals surface area (Å²) in [5, 5.41) is 6.83. The van der Waals surface area contributed by atoms with Crippen molar-refractivity contribution in [1.82, 2.24) is 20.5 Å². The molecule has 3 rings (SSSR count). The summed E-state index contributed by atoms with van der Waals surface area (Å²) in [5.41, 5.74) is 1.20. The molecule has 1 saturated heterocycles. The van der Waals surface area contributed by atoms with E-state index in [0.29, 0.717) is 23.6 Å². The molecule has 2 aromatic rings. The van der Waals surface area contributed by atoms with Crippen LogP contribution in [-0.4, -0.2) is 54.4 Å². The Morgan fingerprint density at radius 2 is 2.04 bits per heavy atom. The summed E-state index contributed by atoms with van der Waals surface area (Å²) in [6.45, 7) is 0.520. The number of hydrogen-bond acceptors (Lipinski definition) is 4. The van der Waals surface area contributed by atoms with E-state index in [1.54, 1.807) is 25.4 Å². The normalized spacial score (nSPS) is 20.3.